The molecule has 144 valence electrons. The van der Waals surface area contributed by atoms with E-state index in [0.29, 0.717) is 37.0 Å². The van der Waals surface area contributed by atoms with Gasteiger partial charge >= 0.3 is 11.8 Å². The first kappa shape index (κ1) is 19.1. The Balaban J connectivity index is 1.39. The fraction of sp³-hybridized carbons (Fsp3) is 0.200. The Bertz CT molecular complexity index is 923. The van der Waals surface area contributed by atoms with Gasteiger partial charge in [-0.2, -0.15) is 0 Å². The van der Waals surface area contributed by atoms with Crippen LogP contribution in [0.5, 0.6) is 0 Å². The molecule has 0 radical (unpaired) electrons. The number of carbonyl (C=O) groups is 2. The third-order valence-corrected chi connectivity index (χ3v) is 3.86. The van der Waals surface area contributed by atoms with Gasteiger partial charge in [0.25, 0.3) is 0 Å². The van der Waals surface area contributed by atoms with E-state index in [1.54, 1.807) is 31.2 Å². The van der Waals surface area contributed by atoms with Gasteiger partial charge in [0, 0.05) is 37.0 Å². The fourth-order valence-electron chi connectivity index (χ4n) is 2.46. The Kier molecular flexibility index (Phi) is 6.35. The minimum atomic E-state index is -0.711. The van der Waals surface area contributed by atoms with Gasteiger partial charge < -0.3 is 20.4 Å². The average Bonchev–Trinajstić information content (AvgIpc) is 3.15. The predicted octanol–water partition coefficient (Wildman–Crippen LogP) is 2.60. The Morgan fingerprint density at radius 3 is 2.32 bits per heavy atom. The lowest BCUT2D eigenvalue weighted by Gasteiger charge is -2.08. The number of hydrogen-bond acceptors (Lipinski definition) is 6. The normalized spacial score (nSPS) is 10.3. The third kappa shape index (κ3) is 5.41. The van der Waals surface area contributed by atoms with E-state index in [-0.39, 0.29) is 0 Å². The van der Waals surface area contributed by atoms with Crippen LogP contribution in [-0.4, -0.2) is 35.1 Å². The highest BCUT2D eigenvalue weighted by Gasteiger charge is 2.13. The topological polar surface area (TPSA) is 109 Å². The summed E-state index contributed by atoms with van der Waals surface area (Å²) in [6, 6.07) is 16.6. The smallest absolute Gasteiger partial charge is 0.313 e. The molecule has 3 N–H and O–H groups in total. The molecule has 3 aromatic rings. The third-order valence-electron chi connectivity index (χ3n) is 3.86. The highest BCUT2D eigenvalue weighted by Crippen LogP contribution is 2.19. The quantitative estimate of drug-likeness (QED) is 0.430. The second-order valence-corrected chi connectivity index (χ2v) is 6.06. The summed E-state index contributed by atoms with van der Waals surface area (Å²) in [5.41, 5.74) is 2.26. The van der Waals surface area contributed by atoms with E-state index in [9.17, 15) is 9.59 Å². The first-order chi connectivity index (χ1) is 13.6. The number of hydrogen-bond donors (Lipinski definition) is 3. The van der Waals surface area contributed by atoms with Crippen molar-refractivity contribution in [3.8, 4) is 11.5 Å². The molecule has 0 bridgehead atoms. The molecule has 0 unspecified atom stereocenters. The lowest BCUT2D eigenvalue weighted by molar-refractivity contribution is -0.136. The van der Waals surface area contributed by atoms with Crippen LogP contribution in [0.3, 0.4) is 0 Å². The van der Waals surface area contributed by atoms with Gasteiger partial charge in [-0.1, -0.05) is 18.2 Å². The number of para-hydroxylation sites is 1. The molecule has 0 aliphatic heterocycles. The molecule has 1 aromatic heterocycles. The summed E-state index contributed by atoms with van der Waals surface area (Å²) in [7, 11) is 0. The summed E-state index contributed by atoms with van der Waals surface area (Å²) in [6.07, 6.45) is 0.701. The molecule has 0 saturated heterocycles. The lowest BCUT2D eigenvalue weighted by Crippen LogP contribution is -2.36. The zero-order valence-corrected chi connectivity index (χ0v) is 15.4. The van der Waals surface area contributed by atoms with Crippen molar-refractivity contribution in [1.82, 2.24) is 15.5 Å². The monoisotopic (exact) mass is 379 g/mol. The van der Waals surface area contributed by atoms with E-state index in [1.807, 2.05) is 30.3 Å². The Morgan fingerprint density at radius 1 is 0.893 bits per heavy atom. The number of anilines is 2. The second-order valence-electron chi connectivity index (χ2n) is 6.06. The molecule has 0 aliphatic rings. The van der Waals surface area contributed by atoms with Crippen LogP contribution in [-0.2, 0) is 9.59 Å². The Morgan fingerprint density at radius 2 is 1.64 bits per heavy atom. The van der Waals surface area contributed by atoms with Crippen molar-refractivity contribution in [3.63, 3.8) is 0 Å². The van der Waals surface area contributed by atoms with Crippen molar-refractivity contribution in [2.24, 2.45) is 0 Å². The number of carbonyl (C=O) groups excluding carboxylic acids is 2. The number of aromatic nitrogens is 2. The molecule has 0 spiro atoms. The van der Waals surface area contributed by atoms with Crippen molar-refractivity contribution in [2.75, 3.05) is 23.7 Å². The number of aryl methyl sites for hydroxylation is 1. The van der Waals surface area contributed by atoms with Crippen LogP contribution >= 0.6 is 0 Å². The zero-order valence-electron chi connectivity index (χ0n) is 15.4. The molecule has 8 heteroatoms. The standard InChI is InChI=1S/C20H21N5O3/c1-14-24-25-20(28-14)15-8-10-17(11-9-15)23-19(27)18(26)22-13-5-12-21-16-6-3-2-4-7-16/h2-4,6-11,21H,5,12-13H2,1H3,(H,22,26)(H,23,27). The first-order valence-corrected chi connectivity index (χ1v) is 8.90. The van der Waals surface area contributed by atoms with Crippen molar-refractivity contribution in [3.05, 3.63) is 60.5 Å². The van der Waals surface area contributed by atoms with E-state index in [0.717, 1.165) is 11.3 Å². The van der Waals surface area contributed by atoms with Gasteiger partial charge in [-0.15, -0.1) is 10.2 Å². The molecule has 3 rings (SSSR count). The number of benzene rings is 2. The molecule has 0 atom stereocenters. The number of nitrogens with zero attached hydrogens (tertiary/aromatic N) is 2. The summed E-state index contributed by atoms with van der Waals surface area (Å²) >= 11 is 0. The van der Waals surface area contributed by atoms with E-state index >= 15 is 0 Å². The second kappa shape index (κ2) is 9.31. The van der Waals surface area contributed by atoms with E-state index in [2.05, 4.69) is 26.1 Å². The van der Waals surface area contributed by atoms with Crippen LogP contribution in [0.1, 0.15) is 12.3 Å². The van der Waals surface area contributed by atoms with Gasteiger partial charge in [-0.05, 0) is 42.8 Å². The molecular weight excluding hydrogens is 358 g/mol. The van der Waals surface area contributed by atoms with Gasteiger partial charge in [0.15, 0.2) is 0 Å². The molecule has 8 nitrogen and oxygen atoms in total. The zero-order chi connectivity index (χ0) is 19.8. The predicted molar refractivity (Wildman–Crippen MR) is 106 cm³/mol. The summed E-state index contributed by atoms with van der Waals surface area (Å²) < 4.78 is 5.34. The Labute approximate surface area is 162 Å². The fourth-order valence-corrected chi connectivity index (χ4v) is 2.46. The highest BCUT2D eigenvalue weighted by atomic mass is 16.4. The number of amides is 2. The van der Waals surface area contributed by atoms with Crippen molar-refractivity contribution in [2.45, 2.75) is 13.3 Å². The molecule has 0 fully saturated rings. The Hall–Kier alpha value is -3.68. The van der Waals surface area contributed by atoms with Gasteiger partial charge in [0.05, 0.1) is 0 Å². The molecule has 2 aromatic carbocycles. The van der Waals surface area contributed by atoms with Gasteiger partial charge in [-0.25, -0.2) is 0 Å². The average molecular weight is 379 g/mol. The highest BCUT2D eigenvalue weighted by molar-refractivity contribution is 6.39. The van der Waals surface area contributed by atoms with Crippen LogP contribution in [0.25, 0.3) is 11.5 Å². The summed E-state index contributed by atoms with van der Waals surface area (Å²) in [4.78, 5) is 23.9. The van der Waals surface area contributed by atoms with Crippen molar-refractivity contribution < 1.29 is 14.0 Å². The van der Waals surface area contributed by atoms with Crippen molar-refractivity contribution >= 4 is 23.2 Å². The first-order valence-electron chi connectivity index (χ1n) is 8.90. The van der Waals surface area contributed by atoms with Crippen LogP contribution in [0.15, 0.2) is 59.0 Å². The molecule has 1 heterocycles. The SMILES string of the molecule is Cc1nnc(-c2ccc(NC(=O)C(=O)NCCCNc3ccccc3)cc2)o1. The van der Waals surface area contributed by atoms with Gasteiger partial charge in [-0.3, -0.25) is 9.59 Å². The largest absolute Gasteiger partial charge is 0.421 e. The van der Waals surface area contributed by atoms with E-state index in [1.165, 1.54) is 0 Å². The van der Waals surface area contributed by atoms with Crippen molar-refractivity contribution in [1.29, 1.82) is 0 Å². The summed E-state index contributed by atoms with van der Waals surface area (Å²) in [5.74, 6) is -0.506. The number of nitrogens with one attached hydrogen (secondary N) is 3. The summed E-state index contributed by atoms with van der Waals surface area (Å²) in [6.45, 7) is 2.81. The van der Waals surface area contributed by atoms with Crippen LogP contribution in [0.4, 0.5) is 11.4 Å². The van der Waals surface area contributed by atoms with Gasteiger partial charge in [0.2, 0.25) is 11.8 Å². The molecule has 28 heavy (non-hydrogen) atoms. The van der Waals surface area contributed by atoms with Gasteiger partial charge in [0.1, 0.15) is 0 Å². The molecule has 2 amide bonds. The lowest BCUT2D eigenvalue weighted by atomic mass is 10.2. The number of rotatable bonds is 7. The van der Waals surface area contributed by atoms with E-state index < -0.39 is 11.8 Å². The maximum Gasteiger partial charge on any atom is 0.313 e. The molecular formula is C20H21N5O3. The van der Waals surface area contributed by atoms with E-state index in [4.69, 9.17) is 4.42 Å². The summed E-state index contributed by atoms with van der Waals surface area (Å²) in [5, 5.41) is 16.1. The molecule has 0 aliphatic carbocycles. The minimum Gasteiger partial charge on any atom is -0.421 e. The van der Waals surface area contributed by atoms with Crippen LogP contribution < -0.4 is 16.0 Å². The maximum atomic E-state index is 12.0. The van der Waals surface area contributed by atoms with Crippen LogP contribution in [0.2, 0.25) is 0 Å². The maximum absolute atomic E-state index is 12.0. The van der Waals surface area contributed by atoms with Crippen LogP contribution in [0, 0.1) is 6.92 Å². The minimum absolute atomic E-state index is 0.400. The molecule has 0 saturated carbocycles.